The molecule has 0 saturated heterocycles. The van der Waals surface area contributed by atoms with E-state index < -0.39 is 6.61 Å². The van der Waals surface area contributed by atoms with Gasteiger partial charge in [-0.1, -0.05) is 24.3 Å². The maximum atomic E-state index is 12.7. The van der Waals surface area contributed by atoms with Crippen LogP contribution in [0, 0.1) is 6.92 Å². The van der Waals surface area contributed by atoms with E-state index in [0.29, 0.717) is 29.1 Å². The van der Waals surface area contributed by atoms with Gasteiger partial charge in [0.05, 0.1) is 24.4 Å². The zero-order valence-corrected chi connectivity index (χ0v) is 19.0. The second-order valence-corrected chi connectivity index (χ2v) is 7.66. The van der Waals surface area contributed by atoms with E-state index in [2.05, 4.69) is 30.6 Å². The summed E-state index contributed by atoms with van der Waals surface area (Å²) in [7, 11) is 3.25. The first kappa shape index (κ1) is 22.8. The Hall–Kier alpha value is -2.87. The molecule has 0 aliphatic heterocycles. The first-order valence-electron chi connectivity index (χ1n) is 9.52. The Morgan fingerprint density at radius 2 is 1.39 bits per heavy atom. The number of hydrogen-bond acceptors (Lipinski definition) is 5. The Kier molecular flexibility index (Phi) is 7.68. The van der Waals surface area contributed by atoms with Crippen molar-refractivity contribution in [1.29, 1.82) is 0 Å². The lowest BCUT2D eigenvalue weighted by atomic mass is 10.1. The summed E-state index contributed by atoms with van der Waals surface area (Å²) in [6, 6.07) is 17.2. The fourth-order valence-corrected chi connectivity index (χ4v) is 3.70. The Labute approximate surface area is 188 Å². The molecule has 0 atom stereocenters. The predicted octanol–water partition coefficient (Wildman–Crippen LogP) is 5.98. The van der Waals surface area contributed by atoms with Gasteiger partial charge >= 0.3 is 6.61 Å². The molecule has 0 fully saturated rings. The summed E-state index contributed by atoms with van der Waals surface area (Å²) in [5.74, 6) is 2.22. The topological polar surface area (TPSA) is 43.8 Å². The van der Waals surface area contributed by atoms with Crippen molar-refractivity contribution in [1.82, 2.24) is 4.98 Å². The van der Waals surface area contributed by atoms with E-state index in [0.717, 1.165) is 22.6 Å². The molecule has 1 aromatic heterocycles. The SMILES string of the molecule is COc1ccc(CN(Cc2ccc(OC)cc2)c2cc(Br)c(OC(F)F)c(C)n2)cc1. The second kappa shape index (κ2) is 10.4. The van der Waals surface area contributed by atoms with Crippen molar-refractivity contribution in [2.24, 2.45) is 0 Å². The number of nitrogens with zero attached hydrogens (tertiary/aromatic N) is 2. The predicted molar refractivity (Wildman–Crippen MR) is 119 cm³/mol. The van der Waals surface area contributed by atoms with Crippen LogP contribution < -0.4 is 19.1 Å². The number of aryl methyl sites for hydroxylation is 1. The summed E-state index contributed by atoms with van der Waals surface area (Å²) in [4.78, 5) is 6.60. The molecule has 31 heavy (non-hydrogen) atoms. The van der Waals surface area contributed by atoms with Crippen molar-refractivity contribution >= 4 is 21.7 Å². The summed E-state index contributed by atoms with van der Waals surface area (Å²) >= 11 is 3.35. The van der Waals surface area contributed by atoms with E-state index >= 15 is 0 Å². The average Bonchev–Trinajstić information content (AvgIpc) is 2.76. The van der Waals surface area contributed by atoms with E-state index in [9.17, 15) is 8.78 Å². The van der Waals surface area contributed by atoms with Crippen molar-refractivity contribution in [2.45, 2.75) is 26.6 Å². The van der Waals surface area contributed by atoms with Crippen LogP contribution in [0.3, 0.4) is 0 Å². The van der Waals surface area contributed by atoms with Gasteiger partial charge in [-0.2, -0.15) is 8.78 Å². The zero-order chi connectivity index (χ0) is 22.4. The average molecular weight is 493 g/mol. The molecule has 0 aliphatic carbocycles. The summed E-state index contributed by atoms with van der Waals surface area (Å²) in [6.07, 6.45) is 0. The van der Waals surface area contributed by atoms with Crippen LogP contribution >= 0.6 is 15.9 Å². The van der Waals surface area contributed by atoms with Crippen LogP contribution in [0.2, 0.25) is 0 Å². The van der Waals surface area contributed by atoms with Crippen LogP contribution in [0.1, 0.15) is 16.8 Å². The molecule has 5 nitrogen and oxygen atoms in total. The highest BCUT2D eigenvalue weighted by Crippen LogP contribution is 2.33. The minimum Gasteiger partial charge on any atom is -0.497 e. The third-order valence-electron chi connectivity index (χ3n) is 4.68. The lowest BCUT2D eigenvalue weighted by Crippen LogP contribution is -2.23. The lowest BCUT2D eigenvalue weighted by molar-refractivity contribution is -0.0510. The molecular formula is C23H23BrF2N2O3. The van der Waals surface area contributed by atoms with Crippen LogP contribution in [0.4, 0.5) is 14.6 Å². The monoisotopic (exact) mass is 492 g/mol. The summed E-state index contributed by atoms with van der Waals surface area (Å²) in [6.45, 7) is -0.156. The molecule has 3 aromatic rings. The van der Waals surface area contributed by atoms with E-state index in [4.69, 9.17) is 9.47 Å². The summed E-state index contributed by atoms with van der Waals surface area (Å²) in [5.41, 5.74) is 2.48. The van der Waals surface area contributed by atoms with Crippen LogP contribution in [0.5, 0.6) is 17.2 Å². The lowest BCUT2D eigenvalue weighted by Gasteiger charge is -2.25. The number of hydrogen-bond donors (Lipinski definition) is 0. The van der Waals surface area contributed by atoms with Gasteiger partial charge in [-0.05, 0) is 64.3 Å². The van der Waals surface area contributed by atoms with Crippen molar-refractivity contribution in [3.8, 4) is 17.2 Å². The highest BCUT2D eigenvalue weighted by Gasteiger charge is 2.18. The molecule has 0 radical (unpaired) electrons. The molecule has 0 saturated carbocycles. The first-order chi connectivity index (χ1) is 14.9. The normalized spacial score (nSPS) is 10.8. The number of benzene rings is 2. The molecular weight excluding hydrogens is 470 g/mol. The number of halogens is 3. The molecule has 1 heterocycles. The van der Waals surface area contributed by atoms with Crippen molar-refractivity contribution in [2.75, 3.05) is 19.1 Å². The van der Waals surface area contributed by atoms with Gasteiger partial charge in [0.1, 0.15) is 17.3 Å². The number of aromatic nitrogens is 1. The molecule has 0 aliphatic rings. The van der Waals surface area contributed by atoms with E-state index in [1.807, 2.05) is 48.5 Å². The first-order valence-corrected chi connectivity index (χ1v) is 10.3. The number of ether oxygens (including phenoxy) is 3. The van der Waals surface area contributed by atoms with E-state index in [1.165, 1.54) is 0 Å². The van der Waals surface area contributed by atoms with E-state index in [1.54, 1.807) is 27.2 Å². The molecule has 164 valence electrons. The highest BCUT2D eigenvalue weighted by atomic mass is 79.9. The number of anilines is 1. The minimum atomic E-state index is -2.92. The quantitative estimate of drug-likeness (QED) is 0.367. The minimum absolute atomic E-state index is 0.0348. The van der Waals surface area contributed by atoms with Crippen LogP contribution in [-0.2, 0) is 13.1 Å². The van der Waals surface area contributed by atoms with Crippen molar-refractivity contribution < 1.29 is 23.0 Å². The van der Waals surface area contributed by atoms with Gasteiger partial charge < -0.3 is 19.1 Å². The zero-order valence-electron chi connectivity index (χ0n) is 17.4. The molecule has 2 aromatic carbocycles. The van der Waals surface area contributed by atoms with Gasteiger partial charge in [0, 0.05) is 13.1 Å². The Bertz CT molecular complexity index is 926. The van der Waals surface area contributed by atoms with Gasteiger partial charge in [0.15, 0.2) is 5.75 Å². The van der Waals surface area contributed by atoms with E-state index in [-0.39, 0.29) is 5.75 Å². The van der Waals surface area contributed by atoms with Crippen LogP contribution in [0.15, 0.2) is 59.1 Å². The summed E-state index contributed by atoms with van der Waals surface area (Å²) < 4.78 is 41.0. The molecule has 0 N–H and O–H groups in total. The Balaban J connectivity index is 1.93. The van der Waals surface area contributed by atoms with Gasteiger partial charge in [-0.15, -0.1) is 0 Å². The Morgan fingerprint density at radius 3 is 1.77 bits per heavy atom. The molecule has 0 unspecified atom stereocenters. The maximum absolute atomic E-state index is 12.7. The summed E-state index contributed by atoms with van der Waals surface area (Å²) in [5, 5.41) is 0. The molecule has 0 spiro atoms. The maximum Gasteiger partial charge on any atom is 0.387 e. The Morgan fingerprint density at radius 1 is 0.903 bits per heavy atom. The highest BCUT2D eigenvalue weighted by molar-refractivity contribution is 9.10. The fourth-order valence-electron chi connectivity index (χ4n) is 3.12. The number of pyridine rings is 1. The molecule has 8 heteroatoms. The van der Waals surface area contributed by atoms with Crippen molar-refractivity contribution in [3.63, 3.8) is 0 Å². The third kappa shape index (κ3) is 6.07. The molecule has 3 rings (SSSR count). The fraction of sp³-hybridized carbons (Fsp3) is 0.261. The molecule has 0 bridgehead atoms. The van der Waals surface area contributed by atoms with Gasteiger partial charge in [0.25, 0.3) is 0 Å². The number of methoxy groups -OCH3 is 2. The number of rotatable bonds is 9. The van der Waals surface area contributed by atoms with Gasteiger partial charge in [0.2, 0.25) is 0 Å². The second-order valence-electron chi connectivity index (χ2n) is 6.81. The standard InChI is InChI=1S/C23H23BrF2N2O3/c1-15-22(31-23(25)26)20(24)12-21(27-15)28(13-16-4-8-18(29-2)9-5-16)14-17-6-10-19(30-3)11-7-17/h4-12,23H,13-14H2,1-3H3. The van der Waals surface area contributed by atoms with Crippen LogP contribution in [0.25, 0.3) is 0 Å². The third-order valence-corrected chi connectivity index (χ3v) is 5.27. The molecule has 0 amide bonds. The number of alkyl halides is 2. The largest absolute Gasteiger partial charge is 0.497 e. The van der Waals surface area contributed by atoms with Crippen LogP contribution in [-0.4, -0.2) is 25.8 Å². The van der Waals surface area contributed by atoms with Gasteiger partial charge in [-0.3, -0.25) is 0 Å². The van der Waals surface area contributed by atoms with Crippen molar-refractivity contribution in [3.05, 3.63) is 75.9 Å². The van der Waals surface area contributed by atoms with Gasteiger partial charge in [-0.25, -0.2) is 4.98 Å². The smallest absolute Gasteiger partial charge is 0.387 e.